The number of aryl methyl sites for hydroxylation is 1. The highest BCUT2D eigenvalue weighted by atomic mass is 35.5. The third-order valence-corrected chi connectivity index (χ3v) is 6.75. The Kier molecular flexibility index (Phi) is 7.85. The van der Waals surface area contributed by atoms with E-state index < -0.39 is 17.0 Å². The minimum absolute atomic E-state index is 0.0380. The number of benzene rings is 4. The van der Waals surface area contributed by atoms with Gasteiger partial charge in [0.05, 0.1) is 5.56 Å². The van der Waals surface area contributed by atoms with Gasteiger partial charge in [0.15, 0.2) is 0 Å². The van der Waals surface area contributed by atoms with Crippen LogP contribution >= 0.6 is 23.4 Å². The summed E-state index contributed by atoms with van der Waals surface area (Å²) in [6.45, 7) is 1.90. The monoisotopic (exact) mass is 504 g/mol. The van der Waals surface area contributed by atoms with Crippen molar-refractivity contribution in [2.24, 2.45) is 0 Å². The second-order valence-electron chi connectivity index (χ2n) is 7.82. The van der Waals surface area contributed by atoms with Crippen LogP contribution in [-0.2, 0) is 4.79 Å². The summed E-state index contributed by atoms with van der Waals surface area (Å²) in [4.78, 5) is 26.7. The SMILES string of the molecule is Cc1ccc(Cl)cc1NC(=O)C(Sc1cccc(NC(=O)c2ccccc2F)c1)c1ccccc1. The molecule has 7 heteroatoms. The Morgan fingerprint density at radius 1 is 0.857 bits per heavy atom. The van der Waals surface area contributed by atoms with Gasteiger partial charge in [-0.15, -0.1) is 11.8 Å². The highest BCUT2D eigenvalue weighted by Gasteiger charge is 2.23. The van der Waals surface area contributed by atoms with Crippen LogP contribution in [0.4, 0.5) is 15.8 Å². The summed E-state index contributed by atoms with van der Waals surface area (Å²) < 4.78 is 14.0. The number of amides is 2. The molecule has 4 aromatic carbocycles. The molecule has 0 radical (unpaired) electrons. The topological polar surface area (TPSA) is 58.2 Å². The number of thioether (sulfide) groups is 1. The Bertz CT molecular complexity index is 1360. The fourth-order valence-electron chi connectivity index (χ4n) is 3.45. The van der Waals surface area contributed by atoms with Crippen molar-refractivity contribution in [2.45, 2.75) is 17.1 Å². The van der Waals surface area contributed by atoms with Gasteiger partial charge in [-0.25, -0.2) is 4.39 Å². The van der Waals surface area contributed by atoms with E-state index >= 15 is 0 Å². The minimum atomic E-state index is -0.590. The van der Waals surface area contributed by atoms with Crippen LogP contribution < -0.4 is 10.6 Å². The number of carbonyl (C=O) groups excluding carboxylic acids is 2. The fourth-order valence-corrected chi connectivity index (χ4v) is 4.71. The van der Waals surface area contributed by atoms with Gasteiger partial charge in [0.2, 0.25) is 5.91 Å². The van der Waals surface area contributed by atoms with Crippen molar-refractivity contribution < 1.29 is 14.0 Å². The van der Waals surface area contributed by atoms with Crippen LogP contribution in [0.25, 0.3) is 0 Å². The Morgan fingerprint density at radius 3 is 2.37 bits per heavy atom. The molecule has 1 unspecified atom stereocenters. The summed E-state index contributed by atoms with van der Waals surface area (Å²) in [7, 11) is 0. The summed E-state index contributed by atoms with van der Waals surface area (Å²) in [6, 6.07) is 27.7. The van der Waals surface area contributed by atoms with Crippen molar-refractivity contribution in [3.63, 3.8) is 0 Å². The van der Waals surface area contributed by atoms with Gasteiger partial charge < -0.3 is 10.6 Å². The Balaban J connectivity index is 1.57. The average molecular weight is 505 g/mol. The van der Waals surface area contributed by atoms with Gasteiger partial charge in [0.1, 0.15) is 11.1 Å². The summed E-state index contributed by atoms with van der Waals surface area (Å²) >= 11 is 7.47. The summed E-state index contributed by atoms with van der Waals surface area (Å²) in [5.41, 5.74) is 2.84. The smallest absolute Gasteiger partial charge is 0.258 e. The maximum absolute atomic E-state index is 14.0. The first-order valence-electron chi connectivity index (χ1n) is 10.9. The molecule has 35 heavy (non-hydrogen) atoms. The number of carbonyl (C=O) groups is 2. The lowest BCUT2D eigenvalue weighted by Gasteiger charge is -2.18. The van der Waals surface area contributed by atoms with Gasteiger partial charge in [-0.3, -0.25) is 9.59 Å². The number of halogens is 2. The number of rotatable bonds is 7. The first kappa shape index (κ1) is 24.5. The molecule has 4 nitrogen and oxygen atoms in total. The molecule has 0 bridgehead atoms. The van der Waals surface area contributed by atoms with E-state index in [2.05, 4.69) is 10.6 Å². The summed E-state index contributed by atoms with van der Waals surface area (Å²) in [6.07, 6.45) is 0. The van der Waals surface area contributed by atoms with Crippen LogP contribution in [0.1, 0.15) is 26.7 Å². The van der Waals surface area contributed by atoms with Crippen molar-refractivity contribution in [2.75, 3.05) is 10.6 Å². The van der Waals surface area contributed by atoms with E-state index in [0.717, 1.165) is 16.0 Å². The van der Waals surface area contributed by atoms with E-state index in [0.29, 0.717) is 16.4 Å². The summed E-state index contributed by atoms with van der Waals surface area (Å²) in [5, 5.41) is 5.69. The van der Waals surface area contributed by atoms with E-state index in [1.165, 1.54) is 30.0 Å². The number of nitrogens with one attached hydrogen (secondary N) is 2. The lowest BCUT2D eigenvalue weighted by atomic mass is 10.1. The molecule has 0 saturated carbocycles. The normalized spacial score (nSPS) is 11.5. The molecule has 0 aliphatic heterocycles. The van der Waals surface area contributed by atoms with Crippen molar-refractivity contribution in [1.82, 2.24) is 0 Å². The second kappa shape index (κ2) is 11.2. The fraction of sp³-hybridized carbons (Fsp3) is 0.0714. The van der Waals surface area contributed by atoms with Crippen LogP contribution in [0.3, 0.4) is 0 Å². The molecular weight excluding hydrogens is 483 g/mol. The summed E-state index contributed by atoms with van der Waals surface area (Å²) in [5.74, 6) is -1.33. The van der Waals surface area contributed by atoms with E-state index in [-0.39, 0.29) is 11.5 Å². The third-order valence-electron chi connectivity index (χ3n) is 5.26. The first-order chi connectivity index (χ1) is 16.9. The van der Waals surface area contributed by atoms with Crippen molar-refractivity contribution >= 4 is 46.6 Å². The Labute approximate surface area is 212 Å². The van der Waals surface area contributed by atoms with Crippen LogP contribution in [-0.4, -0.2) is 11.8 Å². The molecule has 0 aliphatic carbocycles. The van der Waals surface area contributed by atoms with Gasteiger partial charge in [0.25, 0.3) is 5.91 Å². The van der Waals surface area contributed by atoms with Crippen LogP contribution in [0.2, 0.25) is 5.02 Å². The molecule has 4 aromatic rings. The zero-order valence-corrected chi connectivity index (χ0v) is 20.4. The van der Waals surface area contributed by atoms with Crippen molar-refractivity contribution in [1.29, 1.82) is 0 Å². The Hall–Kier alpha value is -3.61. The molecule has 0 aromatic heterocycles. The predicted octanol–water partition coefficient (Wildman–Crippen LogP) is 7.51. The maximum atomic E-state index is 14.0. The number of anilines is 2. The average Bonchev–Trinajstić information content (AvgIpc) is 2.85. The molecule has 0 spiro atoms. The Morgan fingerprint density at radius 2 is 1.60 bits per heavy atom. The van der Waals surface area contributed by atoms with Crippen LogP contribution in [0.5, 0.6) is 0 Å². The molecule has 176 valence electrons. The van der Waals surface area contributed by atoms with E-state index in [4.69, 9.17) is 11.6 Å². The van der Waals surface area contributed by atoms with Crippen LogP contribution in [0.15, 0.2) is 102 Å². The van der Waals surface area contributed by atoms with Crippen molar-refractivity contribution in [3.8, 4) is 0 Å². The van der Waals surface area contributed by atoms with Gasteiger partial charge in [-0.1, -0.05) is 66.2 Å². The molecule has 2 N–H and O–H groups in total. The standard InChI is InChI=1S/C28H22ClFN2O2S/c1-18-14-15-20(29)16-25(18)32-28(34)26(19-8-3-2-4-9-19)35-22-11-7-10-21(17-22)31-27(33)23-12-5-6-13-24(23)30/h2-17,26H,1H3,(H,31,33)(H,32,34). The van der Waals surface area contributed by atoms with E-state index in [9.17, 15) is 14.0 Å². The lowest BCUT2D eigenvalue weighted by Crippen LogP contribution is -2.19. The quantitative estimate of drug-likeness (QED) is 0.256. The maximum Gasteiger partial charge on any atom is 0.258 e. The number of hydrogen-bond donors (Lipinski definition) is 2. The molecule has 0 saturated heterocycles. The molecule has 1 atom stereocenters. The van der Waals surface area contributed by atoms with Crippen LogP contribution in [0, 0.1) is 12.7 Å². The van der Waals surface area contributed by atoms with Crippen molar-refractivity contribution in [3.05, 3.63) is 125 Å². The molecule has 0 fully saturated rings. The minimum Gasteiger partial charge on any atom is -0.325 e. The molecule has 4 rings (SSSR count). The largest absolute Gasteiger partial charge is 0.325 e. The zero-order valence-electron chi connectivity index (χ0n) is 18.8. The van der Waals surface area contributed by atoms with E-state index in [1.54, 1.807) is 36.4 Å². The lowest BCUT2D eigenvalue weighted by molar-refractivity contribution is -0.115. The van der Waals surface area contributed by atoms with Gasteiger partial charge in [-0.2, -0.15) is 0 Å². The molecular formula is C28H22ClFN2O2S. The van der Waals surface area contributed by atoms with Gasteiger partial charge >= 0.3 is 0 Å². The van der Waals surface area contributed by atoms with E-state index in [1.807, 2.05) is 49.4 Å². The molecule has 2 amide bonds. The second-order valence-corrected chi connectivity index (χ2v) is 9.43. The molecule has 0 heterocycles. The highest BCUT2D eigenvalue weighted by molar-refractivity contribution is 8.00. The number of hydrogen-bond acceptors (Lipinski definition) is 3. The third kappa shape index (κ3) is 6.29. The zero-order chi connectivity index (χ0) is 24.8. The van der Waals surface area contributed by atoms with Gasteiger partial charge in [0, 0.05) is 21.3 Å². The molecule has 0 aliphatic rings. The predicted molar refractivity (Wildman–Crippen MR) is 141 cm³/mol. The first-order valence-corrected chi connectivity index (χ1v) is 12.1. The highest BCUT2D eigenvalue weighted by Crippen LogP contribution is 2.37. The van der Waals surface area contributed by atoms with Gasteiger partial charge in [-0.05, 0) is 60.5 Å².